The molecule has 0 heterocycles. The van der Waals surface area contributed by atoms with Crippen LogP contribution in [0.25, 0.3) is 0 Å². The molecule has 2 saturated carbocycles. The lowest BCUT2D eigenvalue weighted by atomic mass is 9.63. The van der Waals surface area contributed by atoms with E-state index >= 15 is 0 Å². The van der Waals surface area contributed by atoms with Gasteiger partial charge >= 0.3 is 0 Å². The van der Waals surface area contributed by atoms with Crippen molar-refractivity contribution >= 4 is 0 Å². The maximum absolute atomic E-state index is 9.10. The van der Waals surface area contributed by atoms with Gasteiger partial charge in [0, 0.05) is 6.61 Å². The highest BCUT2D eigenvalue weighted by molar-refractivity contribution is 5.07. The van der Waals surface area contributed by atoms with E-state index in [0.29, 0.717) is 17.4 Å². The summed E-state index contributed by atoms with van der Waals surface area (Å²) in [6.45, 7) is 7.61. The minimum absolute atomic E-state index is 0.371. The summed E-state index contributed by atoms with van der Waals surface area (Å²) >= 11 is 0. The Bertz CT molecular complexity index is 204. The Labute approximate surface area is 81.5 Å². The predicted molar refractivity (Wildman–Crippen MR) is 54.4 cm³/mol. The average molecular weight is 182 g/mol. The molecule has 0 aromatic rings. The SMILES string of the molecule is CC1(C)[C@@H]2CC[C@@](C)(C2)[C@H]1CCO. The minimum atomic E-state index is 0.371. The number of aliphatic hydroxyl groups is 1. The molecule has 3 atom stereocenters. The van der Waals surface area contributed by atoms with Crippen LogP contribution in [0.1, 0.15) is 46.5 Å². The maximum Gasteiger partial charge on any atom is 0.0434 e. The molecule has 0 aliphatic heterocycles. The van der Waals surface area contributed by atoms with E-state index in [0.717, 1.165) is 18.3 Å². The molecule has 1 nitrogen and oxygen atoms in total. The van der Waals surface area contributed by atoms with Crippen LogP contribution < -0.4 is 0 Å². The third kappa shape index (κ3) is 1.16. The summed E-state index contributed by atoms with van der Waals surface area (Å²) < 4.78 is 0. The summed E-state index contributed by atoms with van der Waals surface area (Å²) in [5, 5.41) is 9.10. The number of hydrogen-bond donors (Lipinski definition) is 1. The Balaban J connectivity index is 2.23. The van der Waals surface area contributed by atoms with Crippen LogP contribution in [0.5, 0.6) is 0 Å². The van der Waals surface area contributed by atoms with E-state index in [4.69, 9.17) is 5.11 Å². The van der Waals surface area contributed by atoms with Gasteiger partial charge in [-0.15, -0.1) is 0 Å². The molecule has 76 valence electrons. The molecule has 0 aromatic heterocycles. The third-order valence-electron chi connectivity index (χ3n) is 4.99. The van der Waals surface area contributed by atoms with Gasteiger partial charge in [-0.2, -0.15) is 0 Å². The van der Waals surface area contributed by atoms with Gasteiger partial charge in [-0.3, -0.25) is 0 Å². The number of fused-ring (bicyclic) bond motifs is 2. The summed E-state index contributed by atoms with van der Waals surface area (Å²) in [6.07, 6.45) is 5.24. The van der Waals surface area contributed by atoms with E-state index in [-0.39, 0.29) is 0 Å². The summed E-state index contributed by atoms with van der Waals surface area (Å²) in [5.41, 5.74) is 1.03. The van der Waals surface area contributed by atoms with Crippen LogP contribution in [0, 0.1) is 22.7 Å². The lowest BCUT2D eigenvalue weighted by Crippen LogP contribution is -2.35. The summed E-state index contributed by atoms with van der Waals surface area (Å²) in [4.78, 5) is 0. The summed E-state index contributed by atoms with van der Waals surface area (Å²) in [6, 6.07) is 0. The van der Waals surface area contributed by atoms with Crippen molar-refractivity contribution in [3.05, 3.63) is 0 Å². The van der Waals surface area contributed by atoms with E-state index < -0.39 is 0 Å². The van der Waals surface area contributed by atoms with Gasteiger partial charge in [0.15, 0.2) is 0 Å². The fourth-order valence-electron chi connectivity index (χ4n) is 4.25. The molecule has 0 radical (unpaired) electrons. The van der Waals surface area contributed by atoms with Crippen molar-refractivity contribution < 1.29 is 5.11 Å². The van der Waals surface area contributed by atoms with Crippen molar-refractivity contribution in [2.75, 3.05) is 6.61 Å². The molecule has 1 N–H and O–H groups in total. The van der Waals surface area contributed by atoms with E-state index in [1.807, 2.05) is 0 Å². The highest BCUT2D eigenvalue weighted by Crippen LogP contribution is 2.66. The highest BCUT2D eigenvalue weighted by atomic mass is 16.3. The van der Waals surface area contributed by atoms with Gasteiger partial charge in [0.05, 0.1) is 0 Å². The molecule has 0 saturated heterocycles. The van der Waals surface area contributed by atoms with Crippen LogP contribution in [-0.4, -0.2) is 11.7 Å². The van der Waals surface area contributed by atoms with E-state index in [1.54, 1.807) is 0 Å². The largest absolute Gasteiger partial charge is 0.396 e. The van der Waals surface area contributed by atoms with Gasteiger partial charge in [0.25, 0.3) is 0 Å². The fourth-order valence-corrected chi connectivity index (χ4v) is 4.25. The van der Waals surface area contributed by atoms with Gasteiger partial charge in [-0.25, -0.2) is 0 Å². The molecule has 2 aliphatic carbocycles. The molecule has 2 aliphatic rings. The Morgan fingerprint density at radius 2 is 2.00 bits per heavy atom. The lowest BCUT2D eigenvalue weighted by Gasteiger charge is -2.42. The topological polar surface area (TPSA) is 20.2 Å². The lowest BCUT2D eigenvalue weighted by molar-refractivity contribution is 0.0514. The zero-order valence-electron chi connectivity index (χ0n) is 9.14. The number of aliphatic hydroxyl groups excluding tert-OH is 1. The second-order valence-corrected chi connectivity index (χ2v) is 5.98. The van der Waals surface area contributed by atoms with Gasteiger partial charge in [-0.1, -0.05) is 20.8 Å². The standard InChI is InChI=1S/C12H22O/c1-11(2)9-4-6-12(3,8-9)10(11)5-7-13/h9-10,13H,4-8H2,1-3H3/t9-,10+,12+/m1/s1. The smallest absolute Gasteiger partial charge is 0.0434 e. The molecule has 0 amide bonds. The first-order valence-electron chi connectivity index (χ1n) is 5.61. The average Bonchev–Trinajstić information content (AvgIpc) is 2.50. The number of rotatable bonds is 2. The molecule has 13 heavy (non-hydrogen) atoms. The van der Waals surface area contributed by atoms with Crippen LogP contribution in [0.15, 0.2) is 0 Å². The molecule has 1 heteroatoms. The maximum atomic E-state index is 9.10. The first kappa shape index (κ1) is 9.51. The molecule has 2 fully saturated rings. The Morgan fingerprint density at radius 3 is 2.46 bits per heavy atom. The minimum Gasteiger partial charge on any atom is -0.396 e. The predicted octanol–water partition coefficient (Wildman–Crippen LogP) is 2.83. The number of hydrogen-bond acceptors (Lipinski definition) is 1. The van der Waals surface area contributed by atoms with Crippen LogP contribution >= 0.6 is 0 Å². The first-order chi connectivity index (χ1) is 6.00. The van der Waals surface area contributed by atoms with E-state index in [2.05, 4.69) is 20.8 Å². The fraction of sp³-hybridized carbons (Fsp3) is 1.00. The monoisotopic (exact) mass is 182 g/mol. The van der Waals surface area contributed by atoms with Crippen LogP contribution in [0.3, 0.4) is 0 Å². The zero-order chi connectivity index (χ0) is 9.69. The van der Waals surface area contributed by atoms with Crippen molar-refractivity contribution in [3.8, 4) is 0 Å². The molecule has 0 aromatic carbocycles. The van der Waals surface area contributed by atoms with E-state index in [9.17, 15) is 0 Å². The Kier molecular flexibility index (Phi) is 1.99. The molecule has 2 rings (SSSR count). The van der Waals surface area contributed by atoms with Crippen LogP contribution in [0.2, 0.25) is 0 Å². The molecule has 0 unspecified atom stereocenters. The molecule has 0 spiro atoms. The van der Waals surface area contributed by atoms with Crippen LogP contribution in [0.4, 0.5) is 0 Å². The quantitative estimate of drug-likeness (QED) is 0.696. The van der Waals surface area contributed by atoms with Crippen molar-refractivity contribution in [1.29, 1.82) is 0 Å². The summed E-state index contributed by atoms with van der Waals surface area (Å²) in [7, 11) is 0. The van der Waals surface area contributed by atoms with Crippen molar-refractivity contribution in [1.82, 2.24) is 0 Å². The Morgan fingerprint density at radius 1 is 1.31 bits per heavy atom. The highest BCUT2D eigenvalue weighted by Gasteiger charge is 2.58. The molecule has 2 bridgehead atoms. The van der Waals surface area contributed by atoms with Crippen molar-refractivity contribution in [2.24, 2.45) is 22.7 Å². The van der Waals surface area contributed by atoms with Gasteiger partial charge < -0.3 is 5.11 Å². The second-order valence-electron chi connectivity index (χ2n) is 5.98. The van der Waals surface area contributed by atoms with Gasteiger partial charge in [0.1, 0.15) is 0 Å². The zero-order valence-corrected chi connectivity index (χ0v) is 9.14. The van der Waals surface area contributed by atoms with Crippen LogP contribution in [-0.2, 0) is 0 Å². The first-order valence-corrected chi connectivity index (χ1v) is 5.61. The van der Waals surface area contributed by atoms with Gasteiger partial charge in [0.2, 0.25) is 0 Å². The molecular formula is C12H22O. The van der Waals surface area contributed by atoms with E-state index in [1.165, 1.54) is 19.3 Å². The second kappa shape index (κ2) is 2.73. The third-order valence-corrected chi connectivity index (χ3v) is 4.99. The normalized spacial score (nSPS) is 47.1. The summed E-state index contributed by atoms with van der Waals surface area (Å²) in [5.74, 6) is 1.68. The van der Waals surface area contributed by atoms with Crippen molar-refractivity contribution in [2.45, 2.75) is 46.5 Å². The van der Waals surface area contributed by atoms with Crippen molar-refractivity contribution in [3.63, 3.8) is 0 Å². The Hall–Kier alpha value is -0.0400. The van der Waals surface area contributed by atoms with Gasteiger partial charge in [-0.05, 0) is 48.3 Å². The molecular weight excluding hydrogens is 160 g/mol.